The number of benzene rings is 1. The first-order chi connectivity index (χ1) is 15.0. The minimum atomic E-state index is -1.02. The molecule has 7 nitrogen and oxygen atoms in total. The molecule has 2 N–H and O–H groups in total. The highest BCUT2D eigenvalue weighted by Gasteiger charge is 2.23. The number of halogens is 1. The maximum atomic E-state index is 10.9. The molecule has 0 saturated heterocycles. The third-order valence-corrected chi connectivity index (χ3v) is 6.81. The van der Waals surface area contributed by atoms with Crippen LogP contribution in [0.5, 0.6) is 5.75 Å². The molecule has 9 heteroatoms. The molecule has 0 fully saturated rings. The Balaban J connectivity index is 1.68. The first-order valence-corrected chi connectivity index (χ1v) is 11.4. The maximum Gasteiger partial charge on any atom is 0.329 e. The molecular formula is C22H24ClN3O4S. The van der Waals surface area contributed by atoms with Gasteiger partial charge in [-0.1, -0.05) is 17.7 Å². The smallest absolute Gasteiger partial charge is 0.329 e. The fourth-order valence-corrected chi connectivity index (χ4v) is 5.31. The zero-order chi connectivity index (χ0) is 22.0. The molecule has 0 saturated carbocycles. The van der Waals surface area contributed by atoms with Gasteiger partial charge in [-0.3, -0.25) is 0 Å². The van der Waals surface area contributed by atoms with E-state index in [0.717, 1.165) is 40.9 Å². The van der Waals surface area contributed by atoms with Crippen LogP contribution in [0.4, 0.5) is 5.82 Å². The summed E-state index contributed by atoms with van der Waals surface area (Å²) in [7, 11) is 1.59. The van der Waals surface area contributed by atoms with Crippen LogP contribution in [0.2, 0.25) is 5.02 Å². The Bertz CT molecular complexity index is 1120. The molecule has 0 bridgehead atoms. The topological polar surface area (TPSA) is 93.6 Å². The van der Waals surface area contributed by atoms with E-state index in [1.54, 1.807) is 25.4 Å². The number of aryl methyl sites for hydroxylation is 2. The number of carboxylic acid groups (broad SMARTS) is 1. The van der Waals surface area contributed by atoms with Gasteiger partial charge in [-0.15, -0.1) is 11.3 Å². The second-order valence-electron chi connectivity index (χ2n) is 7.49. The molecule has 0 radical (unpaired) electrons. The quantitative estimate of drug-likeness (QED) is 0.487. The summed E-state index contributed by atoms with van der Waals surface area (Å²) in [5.74, 6) is 0.836. The van der Waals surface area contributed by atoms with Gasteiger partial charge >= 0.3 is 5.97 Å². The molecule has 164 valence electrons. The molecule has 0 spiro atoms. The number of carboxylic acids is 1. The minimum Gasteiger partial charge on any atom is -0.495 e. The number of anilines is 1. The number of hydrogen-bond acceptors (Lipinski definition) is 7. The Labute approximate surface area is 189 Å². The zero-order valence-corrected chi connectivity index (χ0v) is 19.0. The van der Waals surface area contributed by atoms with Crippen molar-refractivity contribution in [3.63, 3.8) is 0 Å². The summed E-state index contributed by atoms with van der Waals surface area (Å²) in [6, 6.07) is 5.67. The van der Waals surface area contributed by atoms with Crippen LogP contribution < -0.4 is 10.1 Å². The van der Waals surface area contributed by atoms with Crippen molar-refractivity contribution < 1.29 is 19.4 Å². The normalized spacial score (nSPS) is 14.3. The molecule has 1 aliphatic rings. The summed E-state index contributed by atoms with van der Waals surface area (Å²) in [5.41, 5.74) is 2.32. The number of nitrogens with zero attached hydrogens (tertiary/aromatic N) is 2. The lowest BCUT2D eigenvalue weighted by Crippen LogP contribution is -2.13. The highest BCUT2D eigenvalue weighted by atomic mass is 35.5. The van der Waals surface area contributed by atoms with Crippen LogP contribution in [0.1, 0.15) is 47.7 Å². The van der Waals surface area contributed by atoms with Gasteiger partial charge in [0.05, 0.1) is 17.5 Å². The molecule has 1 unspecified atom stereocenters. The summed E-state index contributed by atoms with van der Waals surface area (Å²) >= 11 is 7.97. The fourth-order valence-electron chi connectivity index (χ4n) is 3.76. The number of thiophene rings is 1. The van der Waals surface area contributed by atoms with Gasteiger partial charge in [-0.05, 0) is 55.9 Å². The number of hydrogen-bond donors (Lipinski definition) is 2. The molecule has 2 aromatic heterocycles. The Morgan fingerprint density at radius 3 is 2.87 bits per heavy atom. The summed E-state index contributed by atoms with van der Waals surface area (Å²) in [6.45, 7) is 1.91. The van der Waals surface area contributed by atoms with Crippen LogP contribution >= 0.6 is 22.9 Å². The van der Waals surface area contributed by atoms with E-state index in [1.165, 1.54) is 16.9 Å². The van der Waals surface area contributed by atoms with Gasteiger partial charge in [-0.25, -0.2) is 14.8 Å². The highest BCUT2D eigenvalue weighted by Crippen LogP contribution is 2.39. The Morgan fingerprint density at radius 2 is 2.13 bits per heavy atom. The number of fused-ring (bicyclic) bond motifs is 3. The van der Waals surface area contributed by atoms with E-state index in [0.29, 0.717) is 23.1 Å². The van der Waals surface area contributed by atoms with Crippen molar-refractivity contribution in [3.05, 3.63) is 45.1 Å². The van der Waals surface area contributed by atoms with Crippen LogP contribution in [0, 0.1) is 0 Å². The molecule has 1 aromatic carbocycles. The molecule has 2 heterocycles. The maximum absolute atomic E-state index is 10.9. The van der Waals surface area contributed by atoms with Crippen molar-refractivity contribution in [2.24, 2.45) is 0 Å². The van der Waals surface area contributed by atoms with Gasteiger partial charge in [0.15, 0.2) is 5.82 Å². The number of rotatable bonds is 8. The molecular weight excluding hydrogens is 438 g/mol. The Morgan fingerprint density at radius 1 is 1.32 bits per heavy atom. The first kappa shape index (κ1) is 21.8. The number of carbonyl (C=O) groups is 1. The molecule has 0 amide bonds. The van der Waals surface area contributed by atoms with Crippen LogP contribution in [-0.4, -0.2) is 34.8 Å². The predicted octanol–water partition coefficient (Wildman–Crippen LogP) is 5.01. The minimum absolute atomic E-state index is 0.392. The van der Waals surface area contributed by atoms with Gasteiger partial charge in [-0.2, -0.15) is 0 Å². The van der Waals surface area contributed by atoms with Crippen molar-refractivity contribution in [2.45, 2.75) is 45.3 Å². The number of ether oxygens (including phenoxy) is 2. The van der Waals surface area contributed by atoms with Crippen LogP contribution in [0.3, 0.4) is 0 Å². The van der Waals surface area contributed by atoms with Crippen molar-refractivity contribution in [2.75, 3.05) is 19.0 Å². The molecule has 1 atom stereocenters. The van der Waals surface area contributed by atoms with Gasteiger partial charge in [0.2, 0.25) is 0 Å². The second-order valence-corrected chi connectivity index (χ2v) is 8.98. The van der Waals surface area contributed by atoms with Crippen molar-refractivity contribution in [1.82, 2.24) is 9.97 Å². The molecule has 3 aromatic rings. The zero-order valence-electron chi connectivity index (χ0n) is 17.4. The molecule has 0 aliphatic heterocycles. The van der Waals surface area contributed by atoms with Gasteiger partial charge in [0.1, 0.15) is 29.1 Å². The lowest BCUT2D eigenvalue weighted by atomic mass is 9.97. The van der Waals surface area contributed by atoms with Crippen molar-refractivity contribution in [1.29, 1.82) is 0 Å². The van der Waals surface area contributed by atoms with Crippen molar-refractivity contribution >= 4 is 44.9 Å². The van der Waals surface area contributed by atoms with Crippen LogP contribution in [0.25, 0.3) is 10.2 Å². The monoisotopic (exact) mass is 461 g/mol. The standard InChI is InChI=1S/C22H24ClN3O4S/c1-12(30-11-18(27)28)20-25-21(24-10-13-7-8-16(29-2)15(23)9-13)19-14-5-3-4-6-17(14)31-22(19)26-20/h7-9,12H,3-6,10-11H2,1-2H3,(H,27,28)(H,24,25,26). The van der Waals surface area contributed by atoms with Crippen LogP contribution in [0.15, 0.2) is 18.2 Å². The van der Waals surface area contributed by atoms with E-state index >= 15 is 0 Å². The van der Waals surface area contributed by atoms with Gasteiger partial charge < -0.3 is 19.9 Å². The van der Waals surface area contributed by atoms with Crippen LogP contribution in [-0.2, 0) is 28.9 Å². The number of nitrogens with one attached hydrogen (secondary N) is 1. The fraction of sp³-hybridized carbons (Fsp3) is 0.409. The Hall–Kier alpha value is -2.42. The van der Waals surface area contributed by atoms with E-state index in [-0.39, 0.29) is 0 Å². The second kappa shape index (κ2) is 9.38. The predicted molar refractivity (Wildman–Crippen MR) is 121 cm³/mol. The SMILES string of the molecule is COc1ccc(CNc2nc(C(C)OCC(=O)O)nc3sc4c(c23)CCCC4)cc1Cl. The average molecular weight is 462 g/mol. The summed E-state index contributed by atoms with van der Waals surface area (Å²) in [5, 5.41) is 14.0. The number of aliphatic carboxylic acids is 1. The lowest BCUT2D eigenvalue weighted by Gasteiger charge is -2.15. The summed E-state index contributed by atoms with van der Waals surface area (Å²) < 4.78 is 10.6. The third-order valence-electron chi connectivity index (χ3n) is 5.33. The lowest BCUT2D eigenvalue weighted by molar-refractivity contribution is -0.144. The van der Waals surface area contributed by atoms with E-state index in [9.17, 15) is 4.79 Å². The number of methoxy groups -OCH3 is 1. The van der Waals surface area contributed by atoms with Gasteiger partial charge in [0, 0.05) is 11.4 Å². The van der Waals surface area contributed by atoms with E-state index < -0.39 is 18.7 Å². The summed E-state index contributed by atoms with van der Waals surface area (Å²) in [6.07, 6.45) is 3.89. The highest BCUT2D eigenvalue weighted by molar-refractivity contribution is 7.19. The van der Waals surface area contributed by atoms with E-state index in [1.807, 2.05) is 18.2 Å². The largest absolute Gasteiger partial charge is 0.495 e. The molecule has 1 aliphatic carbocycles. The van der Waals surface area contributed by atoms with E-state index in [2.05, 4.69) is 5.32 Å². The summed E-state index contributed by atoms with van der Waals surface area (Å²) in [4.78, 5) is 22.6. The van der Waals surface area contributed by atoms with Crippen molar-refractivity contribution in [3.8, 4) is 5.75 Å². The average Bonchev–Trinajstić information content (AvgIpc) is 3.14. The number of aromatic nitrogens is 2. The molecule has 4 rings (SSSR count). The third kappa shape index (κ3) is 4.76. The molecule has 31 heavy (non-hydrogen) atoms. The first-order valence-electron chi connectivity index (χ1n) is 10.2. The van der Waals surface area contributed by atoms with Gasteiger partial charge in [0.25, 0.3) is 0 Å². The Kier molecular flexibility index (Phi) is 6.60. The van der Waals surface area contributed by atoms with E-state index in [4.69, 9.17) is 36.1 Å².